The molecule has 0 saturated heterocycles. The second-order valence-corrected chi connectivity index (χ2v) is 7.48. The van der Waals surface area contributed by atoms with E-state index in [-0.39, 0.29) is 35.0 Å². The molecule has 10 N–H and O–H groups in total. The van der Waals surface area contributed by atoms with E-state index in [2.05, 4.69) is 20.6 Å². The van der Waals surface area contributed by atoms with Gasteiger partial charge < -0.3 is 36.8 Å². The summed E-state index contributed by atoms with van der Waals surface area (Å²) < 4.78 is 5.38. The zero-order valence-corrected chi connectivity index (χ0v) is 18.5. The quantitative estimate of drug-likeness (QED) is 0.119. The van der Waals surface area contributed by atoms with Crippen LogP contribution in [0.25, 0.3) is 0 Å². The van der Waals surface area contributed by atoms with Crippen molar-refractivity contribution in [3.63, 3.8) is 0 Å². The van der Waals surface area contributed by atoms with Crippen molar-refractivity contribution >= 4 is 35.1 Å². The number of aliphatic hydroxyl groups is 3. The minimum absolute atomic E-state index is 0.0854. The van der Waals surface area contributed by atoms with E-state index in [1.807, 2.05) is 12.1 Å². The van der Waals surface area contributed by atoms with Gasteiger partial charge in [-0.2, -0.15) is 0 Å². The average molecular weight is 482 g/mol. The van der Waals surface area contributed by atoms with Crippen LogP contribution < -0.4 is 26.8 Å². The third kappa shape index (κ3) is 8.35. The number of hydrogen-bond donors (Lipinski definition) is 8. The lowest BCUT2D eigenvalue weighted by Crippen LogP contribution is -2.41. The van der Waals surface area contributed by atoms with Crippen LogP contribution in [0.1, 0.15) is 28.9 Å². The number of nitrogens with zero attached hydrogens (tertiary/aromatic N) is 2. The van der Waals surface area contributed by atoms with Crippen molar-refractivity contribution in [2.24, 2.45) is 0 Å². The van der Waals surface area contributed by atoms with Gasteiger partial charge in [0, 0.05) is 6.54 Å². The molecule has 0 radical (unpaired) electrons. The molecule has 13 heteroatoms. The molecule has 0 fully saturated rings. The topological polar surface area (TPSA) is 213 Å². The van der Waals surface area contributed by atoms with Crippen LogP contribution in [0.5, 0.6) is 5.75 Å². The Kier molecular flexibility index (Phi) is 10.1. The van der Waals surface area contributed by atoms with Crippen molar-refractivity contribution in [2.75, 3.05) is 31.2 Å². The first-order valence-corrected chi connectivity index (χ1v) is 10.5. The fourth-order valence-electron chi connectivity index (χ4n) is 2.66. The summed E-state index contributed by atoms with van der Waals surface area (Å²) in [5.74, 6) is -0.652. The molecule has 2 unspecified atom stereocenters. The molecule has 180 valence electrons. The maximum absolute atomic E-state index is 12.2. The molecule has 2 rings (SSSR count). The first-order valence-electron chi connectivity index (χ1n) is 10.1. The van der Waals surface area contributed by atoms with E-state index in [9.17, 15) is 15.0 Å². The van der Waals surface area contributed by atoms with Crippen LogP contribution in [-0.2, 0) is 6.42 Å². The summed E-state index contributed by atoms with van der Waals surface area (Å²) >= 11 is 5.75. The Balaban J connectivity index is 1.66. The number of aryl methyl sites for hydroxylation is 1. The summed E-state index contributed by atoms with van der Waals surface area (Å²) in [5, 5.41) is 40.4. The molecule has 0 aliphatic heterocycles. The van der Waals surface area contributed by atoms with E-state index < -0.39 is 24.7 Å². The number of nitrogens with one attached hydrogen (secondary N) is 3. The number of nitrogen functional groups attached to an aromatic ring is 2. The molecule has 2 aromatic rings. The van der Waals surface area contributed by atoms with Gasteiger partial charge in [-0.15, -0.1) is 0 Å². The van der Waals surface area contributed by atoms with Gasteiger partial charge >= 0.3 is 0 Å². The summed E-state index contributed by atoms with van der Waals surface area (Å²) in [6.07, 6.45) is -0.0288. The molecule has 12 nitrogen and oxygen atoms in total. The van der Waals surface area contributed by atoms with Crippen LogP contribution in [0, 0.1) is 5.41 Å². The van der Waals surface area contributed by atoms with Crippen molar-refractivity contribution in [2.45, 2.75) is 31.5 Å². The van der Waals surface area contributed by atoms with Gasteiger partial charge in [-0.05, 0) is 37.0 Å². The van der Waals surface area contributed by atoms with Gasteiger partial charge in [0.1, 0.15) is 24.6 Å². The molecule has 1 heterocycles. The number of carbonyl (C=O) groups excluding carboxylic acids is 1. The van der Waals surface area contributed by atoms with Gasteiger partial charge in [0.15, 0.2) is 28.4 Å². The Labute approximate surface area is 195 Å². The van der Waals surface area contributed by atoms with Gasteiger partial charge in [-0.1, -0.05) is 23.7 Å². The molecule has 1 aromatic carbocycles. The lowest BCUT2D eigenvalue weighted by atomic mass is 10.1. The molecule has 33 heavy (non-hydrogen) atoms. The van der Waals surface area contributed by atoms with E-state index >= 15 is 0 Å². The first-order chi connectivity index (χ1) is 15.7. The molecule has 0 saturated carbocycles. The highest BCUT2D eigenvalue weighted by atomic mass is 35.5. The highest BCUT2D eigenvalue weighted by molar-refractivity contribution is 6.31. The Morgan fingerprint density at radius 3 is 2.48 bits per heavy atom. The standard InChI is InChI=1S/C20H28ClN7O5/c21-16-18(23)27-17(22)15(26-16)19(32)28-20(24)25-8-2-1-3-11-4-6-12(7-5-11)33-10-14(31)13(30)9-29/h4-7,13-14,29-31H,1-3,8-10H2,(H4,22,23,27)(H3,24,25,28,32). The number of rotatable bonds is 11. The number of aliphatic hydroxyl groups excluding tert-OH is 3. The van der Waals surface area contributed by atoms with Crippen LogP contribution in [0.3, 0.4) is 0 Å². The molecule has 1 aromatic heterocycles. The van der Waals surface area contributed by atoms with Crippen LogP contribution in [-0.4, -0.2) is 69.1 Å². The predicted octanol–water partition coefficient (Wildman–Crippen LogP) is -0.336. The van der Waals surface area contributed by atoms with Gasteiger partial charge in [0.25, 0.3) is 5.91 Å². The van der Waals surface area contributed by atoms with Gasteiger partial charge in [-0.3, -0.25) is 15.5 Å². The maximum atomic E-state index is 12.2. The molecular formula is C20H28ClN7O5. The Bertz CT molecular complexity index is 945. The zero-order valence-electron chi connectivity index (χ0n) is 17.8. The molecule has 0 spiro atoms. The van der Waals surface area contributed by atoms with Crippen molar-refractivity contribution in [3.8, 4) is 5.75 Å². The number of benzene rings is 1. The van der Waals surface area contributed by atoms with E-state index in [0.717, 1.165) is 24.8 Å². The van der Waals surface area contributed by atoms with Crippen LogP contribution in [0.15, 0.2) is 24.3 Å². The first kappa shape index (κ1) is 26.1. The van der Waals surface area contributed by atoms with Crippen molar-refractivity contribution in [1.29, 1.82) is 5.41 Å². The van der Waals surface area contributed by atoms with Crippen molar-refractivity contribution < 1.29 is 24.9 Å². The highest BCUT2D eigenvalue weighted by Crippen LogP contribution is 2.17. The van der Waals surface area contributed by atoms with E-state index in [0.29, 0.717) is 12.3 Å². The number of anilines is 2. The number of unbranched alkanes of at least 4 members (excludes halogenated alkanes) is 1. The minimum Gasteiger partial charge on any atom is -0.491 e. The number of halogens is 1. The number of ether oxygens (including phenoxy) is 1. The maximum Gasteiger partial charge on any atom is 0.280 e. The Morgan fingerprint density at radius 2 is 1.82 bits per heavy atom. The molecule has 0 bridgehead atoms. The lowest BCUT2D eigenvalue weighted by Gasteiger charge is -2.16. The van der Waals surface area contributed by atoms with E-state index in [1.54, 1.807) is 12.1 Å². The summed E-state index contributed by atoms with van der Waals surface area (Å²) in [4.78, 5) is 19.7. The summed E-state index contributed by atoms with van der Waals surface area (Å²) in [6, 6.07) is 7.30. The molecule has 0 aliphatic carbocycles. The molecule has 2 atom stereocenters. The van der Waals surface area contributed by atoms with E-state index in [1.165, 1.54) is 0 Å². The van der Waals surface area contributed by atoms with Crippen LogP contribution in [0.2, 0.25) is 5.15 Å². The van der Waals surface area contributed by atoms with Gasteiger partial charge in [-0.25, -0.2) is 9.97 Å². The lowest BCUT2D eigenvalue weighted by molar-refractivity contribution is -0.0339. The van der Waals surface area contributed by atoms with Gasteiger partial charge in [0.2, 0.25) is 0 Å². The average Bonchev–Trinajstić information content (AvgIpc) is 2.79. The summed E-state index contributed by atoms with van der Waals surface area (Å²) in [5.41, 5.74) is 12.0. The number of aromatic nitrogens is 2. The predicted molar refractivity (Wildman–Crippen MR) is 123 cm³/mol. The summed E-state index contributed by atoms with van der Waals surface area (Å²) in [6.45, 7) is -0.195. The summed E-state index contributed by atoms with van der Waals surface area (Å²) in [7, 11) is 0. The number of amides is 1. The third-order valence-electron chi connectivity index (χ3n) is 4.53. The zero-order chi connectivity index (χ0) is 24.4. The third-order valence-corrected chi connectivity index (χ3v) is 4.81. The monoisotopic (exact) mass is 481 g/mol. The van der Waals surface area contributed by atoms with Crippen molar-refractivity contribution in [1.82, 2.24) is 20.6 Å². The smallest absolute Gasteiger partial charge is 0.280 e. The number of guanidine groups is 1. The second-order valence-electron chi connectivity index (χ2n) is 7.12. The number of carbonyl (C=O) groups is 1. The van der Waals surface area contributed by atoms with Crippen LogP contribution in [0.4, 0.5) is 11.6 Å². The second kappa shape index (κ2) is 12.7. The number of hydrogen-bond acceptors (Lipinski definition) is 10. The fourth-order valence-corrected chi connectivity index (χ4v) is 2.79. The SMILES string of the molecule is N=C(NCCCCc1ccc(OCC(O)C(O)CO)cc1)NC(=O)c1nc(Cl)c(N)nc1N. The largest absolute Gasteiger partial charge is 0.491 e. The number of nitrogens with two attached hydrogens (primary N) is 2. The van der Waals surface area contributed by atoms with Crippen molar-refractivity contribution in [3.05, 3.63) is 40.7 Å². The molecule has 0 aliphatic rings. The molecular weight excluding hydrogens is 454 g/mol. The van der Waals surface area contributed by atoms with Crippen LogP contribution >= 0.6 is 11.6 Å². The normalized spacial score (nSPS) is 12.6. The Morgan fingerprint density at radius 1 is 1.12 bits per heavy atom. The van der Waals surface area contributed by atoms with E-state index in [4.69, 9.17) is 38.3 Å². The highest BCUT2D eigenvalue weighted by Gasteiger charge is 2.17. The fraction of sp³-hybridized carbons (Fsp3) is 0.400. The Hall–Kier alpha value is -3.19. The molecule has 1 amide bonds. The van der Waals surface area contributed by atoms with Gasteiger partial charge in [0.05, 0.1) is 6.61 Å². The minimum atomic E-state index is -1.24.